The average Bonchev–Trinajstić information content (AvgIpc) is 2.62. The van der Waals surface area contributed by atoms with Crippen LogP contribution in [-0.4, -0.2) is 34.6 Å². The Labute approximate surface area is 126 Å². The lowest BCUT2D eigenvalue weighted by Crippen LogP contribution is -2.17. The van der Waals surface area contributed by atoms with Crippen LogP contribution in [0.15, 0.2) is 18.2 Å². The van der Waals surface area contributed by atoms with Crippen LogP contribution < -0.4 is 0 Å². The van der Waals surface area contributed by atoms with Crippen molar-refractivity contribution in [1.29, 1.82) is 0 Å². The van der Waals surface area contributed by atoms with Gasteiger partial charge in [-0.25, -0.2) is 17.2 Å². The number of hydrogen-bond donors (Lipinski definition) is 1. The second kappa shape index (κ2) is 4.70. The monoisotopic (exact) mass is 410 g/mol. The second-order valence-electron chi connectivity index (χ2n) is 3.95. The molecule has 1 aromatic heterocycles. The minimum absolute atomic E-state index is 0.0971. The molecule has 0 unspecified atom stereocenters. The number of nitro benzene ring substituents is 1. The Hall–Kier alpha value is -1.69. The van der Waals surface area contributed by atoms with Crippen LogP contribution in [0.25, 0.3) is 10.9 Å². The smallest absolute Gasteiger partial charge is 0.354 e. The zero-order valence-electron chi connectivity index (χ0n) is 9.90. The fraction of sp³-hybridized carbons (Fsp3) is 0.100. The predicted octanol–water partition coefficient (Wildman–Crippen LogP) is 1.66. The van der Waals surface area contributed by atoms with Crippen molar-refractivity contribution in [3.63, 3.8) is 0 Å². The van der Waals surface area contributed by atoms with Crippen LogP contribution in [0.2, 0.25) is 0 Å². The first-order chi connectivity index (χ1) is 9.14. The number of hydrogen-bond acceptors (Lipinski definition) is 5. The number of carboxylic acid groups (broad SMARTS) is 1. The third-order valence-electron chi connectivity index (χ3n) is 2.59. The highest BCUT2D eigenvalue weighted by atomic mass is 127. The van der Waals surface area contributed by atoms with Gasteiger partial charge in [0.25, 0.3) is 5.69 Å². The molecule has 8 nitrogen and oxygen atoms in total. The number of rotatable bonds is 3. The second-order valence-corrected chi connectivity index (χ2v) is 6.86. The Morgan fingerprint density at radius 2 is 2.05 bits per heavy atom. The van der Waals surface area contributed by atoms with Gasteiger partial charge in [0.15, 0.2) is 5.69 Å². The van der Waals surface area contributed by atoms with E-state index in [0.29, 0.717) is 3.97 Å². The lowest BCUT2D eigenvalue weighted by Gasteiger charge is -2.04. The molecule has 10 heteroatoms. The number of non-ortho nitro benzene ring substituents is 1. The molecule has 0 spiro atoms. The number of carbonyl (C=O) groups is 1. The molecule has 0 aliphatic carbocycles. The Bertz CT molecular complexity index is 854. The summed E-state index contributed by atoms with van der Waals surface area (Å²) in [6.45, 7) is 0. The zero-order chi connectivity index (χ0) is 15.2. The molecular formula is C10H7IN2O6S. The molecule has 1 heterocycles. The fourth-order valence-electron chi connectivity index (χ4n) is 1.85. The lowest BCUT2D eigenvalue weighted by molar-refractivity contribution is -0.384. The highest BCUT2D eigenvalue weighted by Gasteiger charge is 2.27. The van der Waals surface area contributed by atoms with Crippen molar-refractivity contribution in [1.82, 2.24) is 3.97 Å². The number of nitrogens with zero attached hydrogens (tertiary/aromatic N) is 2. The molecule has 0 fully saturated rings. The van der Waals surface area contributed by atoms with Crippen LogP contribution in [0.4, 0.5) is 5.69 Å². The van der Waals surface area contributed by atoms with Gasteiger partial charge >= 0.3 is 5.97 Å². The van der Waals surface area contributed by atoms with Crippen LogP contribution >= 0.6 is 22.6 Å². The highest BCUT2D eigenvalue weighted by Crippen LogP contribution is 2.31. The quantitative estimate of drug-likeness (QED) is 0.467. The van der Waals surface area contributed by atoms with E-state index in [4.69, 9.17) is 5.11 Å². The summed E-state index contributed by atoms with van der Waals surface area (Å²) in [5, 5.41) is 20.1. The zero-order valence-corrected chi connectivity index (χ0v) is 12.9. The number of carboxylic acids is 1. The van der Waals surface area contributed by atoms with Gasteiger partial charge in [0.2, 0.25) is 10.0 Å². The van der Waals surface area contributed by atoms with E-state index in [2.05, 4.69) is 0 Å². The molecule has 0 bridgehead atoms. The Morgan fingerprint density at radius 1 is 1.45 bits per heavy atom. The number of nitro groups is 1. The molecule has 0 atom stereocenters. The van der Waals surface area contributed by atoms with E-state index in [0.717, 1.165) is 18.4 Å². The van der Waals surface area contributed by atoms with Gasteiger partial charge in [-0.1, -0.05) is 0 Å². The standard InChI is InChI=1S/C10H7IN2O6S/c1-20(18,19)12-7-3-2-5(13(16)17)4-6(7)8(11)9(12)10(14)15/h2-4H,1H3,(H,14,15). The summed E-state index contributed by atoms with van der Waals surface area (Å²) in [5.74, 6) is -1.42. The first-order valence-electron chi connectivity index (χ1n) is 5.06. The van der Waals surface area contributed by atoms with Crippen molar-refractivity contribution < 1.29 is 23.2 Å². The van der Waals surface area contributed by atoms with Crippen molar-refractivity contribution in [2.75, 3.05) is 6.26 Å². The highest BCUT2D eigenvalue weighted by molar-refractivity contribution is 14.1. The molecule has 0 aliphatic heterocycles. The summed E-state index contributed by atoms with van der Waals surface area (Å²) < 4.78 is 24.3. The first-order valence-corrected chi connectivity index (χ1v) is 7.99. The van der Waals surface area contributed by atoms with Gasteiger partial charge in [0.1, 0.15) is 0 Å². The van der Waals surface area contributed by atoms with Gasteiger partial charge in [-0.15, -0.1) is 0 Å². The van der Waals surface area contributed by atoms with Crippen molar-refractivity contribution in [3.8, 4) is 0 Å². The Morgan fingerprint density at radius 3 is 2.50 bits per heavy atom. The topological polar surface area (TPSA) is 120 Å². The summed E-state index contributed by atoms with van der Waals surface area (Å²) in [6.07, 6.45) is 0.871. The molecule has 0 amide bonds. The molecule has 2 aromatic rings. The molecule has 20 heavy (non-hydrogen) atoms. The van der Waals surface area contributed by atoms with Gasteiger partial charge < -0.3 is 5.11 Å². The van der Waals surface area contributed by atoms with E-state index < -0.39 is 26.6 Å². The molecule has 1 aromatic carbocycles. The minimum atomic E-state index is -3.86. The van der Waals surface area contributed by atoms with Gasteiger partial charge in [-0.05, 0) is 28.7 Å². The molecule has 0 saturated carbocycles. The SMILES string of the molecule is CS(=O)(=O)n1c(C(=O)O)c(I)c2cc([N+](=O)[O-])ccc21. The van der Waals surface area contributed by atoms with E-state index in [-0.39, 0.29) is 20.2 Å². The number of fused-ring (bicyclic) bond motifs is 1. The summed E-state index contributed by atoms with van der Waals surface area (Å²) in [5.41, 5.74) is -0.568. The largest absolute Gasteiger partial charge is 0.477 e. The lowest BCUT2D eigenvalue weighted by atomic mass is 10.2. The van der Waals surface area contributed by atoms with Crippen LogP contribution in [0.5, 0.6) is 0 Å². The molecular weight excluding hydrogens is 403 g/mol. The average molecular weight is 410 g/mol. The van der Waals surface area contributed by atoms with E-state index in [9.17, 15) is 23.3 Å². The molecule has 1 N–H and O–H groups in total. The van der Waals surface area contributed by atoms with E-state index in [1.807, 2.05) is 0 Å². The Balaban J connectivity index is 3.01. The van der Waals surface area contributed by atoms with Crippen molar-refractivity contribution >= 4 is 55.2 Å². The number of aromatic carboxylic acids is 1. The molecule has 2 rings (SSSR count). The van der Waals surface area contributed by atoms with Crippen LogP contribution in [0, 0.1) is 13.7 Å². The third-order valence-corrected chi connectivity index (χ3v) is 4.73. The maximum absolute atomic E-state index is 11.8. The molecule has 106 valence electrons. The summed E-state index contributed by atoms with van der Waals surface area (Å²) >= 11 is 1.67. The van der Waals surface area contributed by atoms with Crippen molar-refractivity contribution in [2.24, 2.45) is 0 Å². The van der Waals surface area contributed by atoms with E-state index in [1.165, 1.54) is 6.07 Å². The van der Waals surface area contributed by atoms with Gasteiger partial charge in [-0.2, -0.15) is 0 Å². The molecule has 0 saturated heterocycles. The predicted molar refractivity (Wildman–Crippen MR) is 78.5 cm³/mol. The molecule has 0 radical (unpaired) electrons. The number of halogens is 1. The number of benzene rings is 1. The number of aromatic nitrogens is 1. The van der Waals surface area contributed by atoms with Gasteiger partial charge in [0, 0.05) is 17.5 Å². The van der Waals surface area contributed by atoms with Gasteiger partial charge in [0.05, 0.1) is 20.3 Å². The Kier molecular flexibility index (Phi) is 3.46. The van der Waals surface area contributed by atoms with E-state index in [1.54, 1.807) is 22.6 Å². The van der Waals surface area contributed by atoms with Crippen LogP contribution in [0.3, 0.4) is 0 Å². The minimum Gasteiger partial charge on any atom is -0.477 e. The maximum Gasteiger partial charge on any atom is 0.354 e. The van der Waals surface area contributed by atoms with Gasteiger partial charge in [-0.3, -0.25) is 10.1 Å². The summed E-state index contributed by atoms with van der Waals surface area (Å²) in [4.78, 5) is 21.4. The van der Waals surface area contributed by atoms with Crippen molar-refractivity contribution in [2.45, 2.75) is 0 Å². The first kappa shape index (κ1) is 14.7. The summed E-state index contributed by atoms with van der Waals surface area (Å²) in [6, 6.07) is 3.51. The summed E-state index contributed by atoms with van der Waals surface area (Å²) in [7, 11) is -3.86. The van der Waals surface area contributed by atoms with Crippen molar-refractivity contribution in [3.05, 3.63) is 37.6 Å². The van der Waals surface area contributed by atoms with Crippen LogP contribution in [-0.2, 0) is 10.0 Å². The third kappa shape index (κ3) is 2.24. The van der Waals surface area contributed by atoms with Crippen LogP contribution in [0.1, 0.15) is 10.5 Å². The molecule has 0 aliphatic rings. The fourth-order valence-corrected chi connectivity index (χ4v) is 3.94. The maximum atomic E-state index is 11.8. The van der Waals surface area contributed by atoms with E-state index >= 15 is 0 Å². The normalized spacial score (nSPS) is 11.7.